The number of aromatic nitrogens is 1. The van der Waals surface area contributed by atoms with Crippen LogP contribution in [0.5, 0.6) is 0 Å². The molecule has 0 radical (unpaired) electrons. The second-order valence-electron chi connectivity index (χ2n) is 4.76. The molecule has 104 valence electrons. The Balaban J connectivity index is 2.15. The molecule has 0 saturated carbocycles. The number of anilines is 2. The average Bonchev–Trinajstić information content (AvgIpc) is 2.48. The van der Waals surface area contributed by atoms with E-state index in [4.69, 9.17) is 5.73 Å². The first-order chi connectivity index (χ1) is 9.61. The molecule has 1 amide bonds. The molecule has 0 unspecified atom stereocenters. The van der Waals surface area contributed by atoms with Crippen molar-refractivity contribution in [1.82, 2.24) is 4.98 Å². The molecule has 1 aromatic heterocycles. The quantitative estimate of drug-likeness (QED) is 0.928. The molecule has 1 aromatic carbocycles. The van der Waals surface area contributed by atoms with Gasteiger partial charge < -0.3 is 5.73 Å². The first kappa shape index (κ1) is 14.1. The molecule has 0 fully saturated rings. The van der Waals surface area contributed by atoms with Crippen molar-refractivity contribution in [3.8, 4) is 0 Å². The molecular formula is C16H19N3O. The number of nitrogens with zero attached hydrogens (tertiary/aromatic N) is 2. The Bertz CT molecular complexity index is 576. The zero-order valence-corrected chi connectivity index (χ0v) is 11.8. The van der Waals surface area contributed by atoms with Gasteiger partial charge in [0.25, 0.3) is 5.91 Å². The van der Waals surface area contributed by atoms with Crippen LogP contribution in [0.3, 0.4) is 0 Å². The SMILES string of the molecule is CCCc1ccc(C(=O)N(C)c2ccc(N)cn2)cc1. The van der Waals surface area contributed by atoms with Crippen LogP contribution in [-0.4, -0.2) is 17.9 Å². The molecule has 1 heterocycles. The largest absolute Gasteiger partial charge is 0.397 e. The normalized spacial score (nSPS) is 10.3. The van der Waals surface area contributed by atoms with E-state index in [0.29, 0.717) is 17.1 Å². The molecule has 0 aliphatic carbocycles. The number of nitrogen functional groups attached to an aromatic ring is 1. The van der Waals surface area contributed by atoms with Gasteiger partial charge in [0.2, 0.25) is 0 Å². The molecule has 0 aliphatic rings. The van der Waals surface area contributed by atoms with Gasteiger partial charge in [-0.2, -0.15) is 0 Å². The van der Waals surface area contributed by atoms with E-state index < -0.39 is 0 Å². The molecule has 20 heavy (non-hydrogen) atoms. The maximum atomic E-state index is 12.4. The molecule has 0 saturated heterocycles. The lowest BCUT2D eigenvalue weighted by Gasteiger charge is -2.16. The lowest BCUT2D eigenvalue weighted by atomic mass is 10.1. The first-order valence-corrected chi connectivity index (χ1v) is 6.70. The van der Waals surface area contributed by atoms with E-state index in [1.165, 1.54) is 10.5 Å². The van der Waals surface area contributed by atoms with Crippen molar-refractivity contribution >= 4 is 17.4 Å². The van der Waals surface area contributed by atoms with Gasteiger partial charge in [-0.25, -0.2) is 4.98 Å². The lowest BCUT2D eigenvalue weighted by Crippen LogP contribution is -2.27. The van der Waals surface area contributed by atoms with Gasteiger partial charge in [-0.05, 0) is 36.2 Å². The molecule has 4 heteroatoms. The fraction of sp³-hybridized carbons (Fsp3) is 0.250. The number of hydrogen-bond donors (Lipinski definition) is 1. The summed E-state index contributed by atoms with van der Waals surface area (Å²) in [6, 6.07) is 11.2. The number of carbonyl (C=O) groups excluding carboxylic acids is 1. The highest BCUT2D eigenvalue weighted by Crippen LogP contribution is 2.15. The number of benzene rings is 1. The van der Waals surface area contributed by atoms with E-state index in [1.54, 1.807) is 25.4 Å². The second-order valence-corrected chi connectivity index (χ2v) is 4.76. The van der Waals surface area contributed by atoms with Crippen molar-refractivity contribution in [2.24, 2.45) is 0 Å². The third kappa shape index (κ3) is 3.15. The van der Waals surface area contributed by atoms with Crippen LogP contribution in [0, 0.1) is 0 Å². The first-order valence-electron chi connectivity index (χ1n) is 6.70. The van der Waals surface area contributed by atoms with E-state index in [0.717, 1.165) is 12.8 Å². The molecule has 0 atom stereocenters. The van der Waals surface area contributed by atoms with Crippen molar-refractivity contribution in [2.75, 3.05) is 17.7 Å². The van der Waals surface area contributed by atoms with Crippen molar-refractivity contribution in [1.29, 1.82) is 0 Å². The summed E-state index contributed by atoms with van der Waals surface area (Å²) in [5.41, 5.74) is 8.08. The van der Waals surface area contributed by atoms with Gasteiger partial charge >= 0.3 is 0 Å². The van der Waals surface area contributed by atoms with Crippen LogP contribution in [0.15, 0.2) is 42.6 Å². The number of nitrogens with two attached hydrogens (primary N) is 1. The van der Waals surface area contributed by atoms with Gasteiger partial charge in [0.05, 0.1) is 11.9 Å². The molecule has 4 nitrogen and oxygen atoms in total. The predicted molar refractivity (Wildman–Crippen MR) is 81.8 cm³/mol. The Hall–Kier alpha value is -2.36. The summed E-state index contributed by atoms with van der Waals surface area (Å²) in [7, 11) is 1.71. The van der Waals surface area contributed by atoms with Crippen LogP contribution in [0.1, 0.15) is 29.3 Å². The predicted octanol–water partition coefficient (Wildman–Crippen LogP) is 2.89. The van der Waals surface area contributed by atoms with Gasteiger partial charge in [0, 0.05) is 12.6 Å². The highest BCUT2D eigenvalue weighted by molar-refractivity contribution is 6.05. The van der Waals surface area contributed by atoms with Crippen LogP contribution < -0.4 is 10.6 Å². The maximum absolute atomic E-state index is 12.4. The highest BCUT2D eigenvalue weighted by atomic mass is 16.2. The van der Waals surface area contributed by atoms with Crippen LogP contribution in [-0.2, 0) is 6.42 Å². The molecule has 2 N–H and O–H groups in total. The van der Waals surface area contributed by atoms with Crippen molar-refractivity contribution in [3.63, 3.8) is 0 Å². The summed E-state index contributed by atoms with van der Waals surface area (Å²) >= 11 is 0. The van der Waals surface area contributed by atoms with Crippen molar-refractivity contribution < 1.29 is 4.79 Å². The highest BCUT2D eigenvalue weighted by Gasteiger charge is 2.14. The third-order valence-corrected chi connectivity index (χ3v) is 3.16. The summed E-state index contributed by atoms with van der Waals surface area (Å²) < 4.78 is 0. The number of amides is 1. The van der Waals surface area contributed by atoms with Gasteiger partial charge in [-0.3, -0.25) is 9.69 Å². The second kappa shape index (κ2) is 6.19. The maximum Gasteiger partial charge on any atom is 0.259 e. The molecular weight excluding hydrogens is 250 g/mol. The smallest absolute Gasteiger partial charge is 0.259 e. The van der Waals surface area contributed by atoms with Crippen LogP contribution in [0.25, 0.3) is 0 Å². The zero-order chi connectivity index (χ0) is 14.5. The molecule has 0 aliphatic heterocycles. The molecule has 2 rings (SSSR count). The van der Waals surface area contributed by atoms with Gasteiger partial charge in [-0.1, -0.05) is 25.5 Å². The average molecular weight is 269 g/mol. The van der Waals surface area contributed by atoms with Crippen LogP contribution in [0.4, 0.5) is 11.5 Å². The molecule has 0 bridgehead atoms. The van der Waals surface area contributed by atoms with Crippen LogP contribution >= 0.6 is 0 Å². The Morgan fingerprint density at radius 3 is 2.45 bits per heavy atom. The summed E-state index contributed by atoms with van der Waals surface area (Å²) in [5.74, 6) is 0.507. The number of rotatable bonds is 4. The van der Waals surface area contributed by atoms with Crippen molar-refractivity contribution in [3.05, 3.63) is 53.7 Å². The van der Waals surface area contributed by atoms with Crippen LogP contribution in [0.2, 0.25) is 0 Å². The van der Waals surface area contributed by atoms with Gasteiger partial charge in [-0.15, -0.1) is 0 Å². The molecule has 0 spiro atoms. The fourth-order valence-electron chi connectivity index (χ4n) is 2.00. The summed E-state index contributed by atoms with van der Waals surface area (Å²) in [5, 5.41) is 0. The van der Waals surface area contributed by atoms with E-state index in [2.05, 4.69) is 11.9 Å². The number of hydrogen-bond acceptors (Lipinski definition) is 3. The monoisotopic (exact) mass is 269 g/mol. The van der Waals surface area contributed by atoms with Gasteiger partial charge in [0.1, 0.15) is 5.82 Å². The Kier molecular flexibility index (Phi) is 4.35. The minimum Gasteiger partial charge on any atom is -0.397 e. The minimum absolute atomic E-state index is 0.0784. The van der Waals surface area contributed by atoms with E-state index >= 15 is 0 Å². The summed E-state index contributed by atoms with van der Waals surface area (Å²) in [6.07, 6.45) is 3.68. The number of pyridine rings is 1. The number of carbonyl (C=O) groups is 1. The Labute approximate surface area is 119 Å². The van der Waals surface area contributed by atoms with E-state index in [9.17, 15) is 4.79 Å². The zero-order valence-electron chi connectivity index (χ0n) is 11.8. The van der Waals surface area contributed by atoms with Crippen molar-refractivity contribution in [2.45, 2.75) is 19.8 Å². The fourth-order valence-corrected chi connectivity index (χ4v) is 2.00. The Morgan fingerprint density at radius 1 is 1.20 bits per heavy atom. The minimum atomic E-state index is -0.0784. The number of aryl methyl sites for hydroxylation is 1. The lowest BCUT2D eigenvalue weighted by molar-refractivity contribution is 0.0992. The standard InChI is InChI=1S/C16H19N3O/c1-3-4-12-5-7-13(8-6-12)16(20)19(2)15-10-9-14(17)11-18-15/h5-11H,3-4,17H2,1-2H3. The van der Waals surface area contributed by atoms with E-state index in [1.807, 2.05) is 24.3 Å². The topological polar surface area (TPSA) is 59.2 Å². The Morgan fingerprint density at radius 2 is 1.90 bits per heavy atom. The van der Waals surface area contributed by atoms with Gasteiger partial charge in [0.15, 0.2) is 0 Å². The summed E-state index contributed by atoms with van der Waals surface area (Å²) in [6.45, 7) is 2.14. The third-order valence-electron chi connectivity index (χ3n) is 3.16. The van der Waals surface area contributed by atoms with E-state index in [-0.39, 0.29) is 5.91 Å². The summed E-state index contributed by atoms with van der Waals surface area (Å²) in [4.78, 5) is 18.0. The molecule has 2 aromatic rings.